The van der Waals surface area contributed by atoms with Gasteiger partial charge in [-0.25, -0.2) is 9.64 Å². The summed E-state index contributed by atoms with van der Waals surface area (Å²) >= 11 is 5.16. The number of carbonyl (C=O) groups is 2. The van der Waals surface area contributed by atoms with Crippen molar-refractivity contribution in [3.8, 4) is 17.6 Å². The van der Waals surface area contributed by atoms with Gasteiger partial charge in [-0.1, -0.05) is 125 Å². The predicted molar refractivity (Wildman–Crippen MR) is 187 cm³/mol. The molecule has 0 aromatic heterocycles. The van der Waals surface area contributed by atoms with Crippen LogP contribution in [0.2, 0.25) is 0 Å². The van der Waals surface area contributed by atoms with Gasteiger partial charge in [0.15, 0.2) is 5.57 Å². The van der Waals surface area contributed by atoms with Gasteiger partial charge in [-0.05, 0) is 26.7 Å². The molecule has 12 heteroatoms. The van der Waals surface area contributed by atoms with E-state index < -0.39 is 11.9 Å². The molecule has 1 aromatic rings. The van der Waals surface area contributed by atoms with Gasteiger partial charge in [0, 0.05) is 0 Å². The molecule has 2 aliphatic heterocycles. The molecule has 0 amide bonds. The van der Waals surface area contributed by atoms with E-state index in [1.807, 2.05) is 13.8 Å². The Bertz CT molecular complexity index is 1230. The number of benzene rings is 1. The lowest BCUT2D eigenvalue weighted by Crippen LogP contribution is -2.09. The van der Waals surface area contributed by atoms with Crippen LogP contribution in [0.1, 0.15) is 105 Å². The molecular formula is C34H44N2O6S4. The second-order valence-electron chi connectivity index (χ2n) is 10.6. The average Bonchev–Trinajstić information content (AvgIpc) is 3.68. The molecule has 2 heterocycles. The highest BCUT2D eigenvalue weighted by Gasteiger charge is 2.39. The summed E-state index contributed by atoms with van der Waals surface area (Å²) in [6, 6.07) is 2.06. The second kappa shape index (κ2) is 20.8. The minimum atomic E-state index is -0.627. The van der Waals surface area contributed by atoms with Gasteiger partial charge >= 0.3 is 11.9 Å². The zero-order chi connectivity index (χ0) is 33.3. The SMILES string of the molecule is [C-]#[N+]C(C(=O)OCCCCCCCC)=C1Sc2c(OCC)c3c(c(OCC)c2S1)SC(=C(C#N)C(=O)OCCCCCCCC)S3. The summed E-state index contributed by atoms with van der Waals surface area (Å²) in [7, 11) is 0. The number of ether oxygens (including phenoxy) is 4. The molecule has 0 aliphatic carbocycles. The van der Waals surface area contributed by atoms with E-state index in [0.29, 0.717) is 33.2 Å². The van der Waals surface area contributed by atoms with E-state index in [9.17, 15) is 14.9 Å². The Hall–Kier alpha value is -2.38. The number of nitrogens with zero attached hydrogens (tertiary/aromatic N) is 2. The number of nitriles is 1. The summed E-state index contributed by atoms with van der Waals surface area (Å²) in [6.45, 7) is 17.2. The van der Waals surface area contributed by atoms with Crippen LogP contribution in [0.25, 0.3) is 4.85 Å². The lowest BCUT2D eigenvalue weighted by atomic mass is 10.1. The zero-order valence-electron chi connectivity index (χ0n) is 27.3. The Kier molecular flexibility index (Phi) is 17.2. The fraction of sp³-hybridized carbons (Fsp3) is 0.588. The Morgan fingerprint density at radius 2 is 1.07 bits per heavy atom. The number of rotatable bonds is 20. The van der Waals surface area contributed by atoms with Crippen molar-refractivity contribution in [3.05, 3.63) is 31.2 Å². The van der Waals surface area contributed by atoms with Crippen molar-refractivity contribution in [2.45, 2.75) is 124 Å². The second-order valence-corrected chi connectivity index (χ2v) is 15.2. The van der Waals surface area contributed by atoms with Crippen LogP contribution in [-0.4, -0.2) is 38.4 Å². The molecule has 2 aliphatic rings. The summed E-state index contributed by atoms with van der Waals surface area (Å²) in [5, 5.41) is 9.96. The van der Waals surface area contributed by atoms with Crippen molar-refractivity contribution >= 4 is 59.0 Å². The van der Waals surface area contributed by atoms with Crippen LogP contribution in [0, 0.1) is 17.9 Å². The molecule has 0 fully saturated rings. The number of hydrogen-bond donors (Lipinski definition) is 0. The Morgan fingerprint density at radius 3 is 1.48 bits per heavy atom. The van der Waals surface area contributed by atoms with Gasteiger partial charge in [0.2, 0.25) is 0 Å². The highest BCUT2D eigenvalue weighted by molar-refractivity contribution is 8.26. The van der Waals surface area contributed by atoms with Crippen molar-refractivity contribution in [3.63, 3.8) is 0 Å². The monoisotopic (exact) mass is 704 g/mol. The Balaban J connectivity index is 1.82. The maximum absolute atomic E-state index is 13.0. The lowest BCUT2D eigenvalue weighted by Gasteiger charge is -2.16. The molecular weight excluding hydrogens is 661 g/mol. The Morgan fingerprint density at radius 1 is 0.652 bits per heavy atom. The van der Waals surface area contributed by atoms with Crippen LogP contribution in [0.15, 0.2) is 39.3 Å². The molecule has 0 N–H and O–H groups in total. The number of fused-ring (bicyclic) bond motifs is 2. The van der Waals surface area contributed by atoms with E-state index in [4.69, 9.17) is 25.5 Å². The predicted octanol–water partition coefficient (Wildman–Crippen LogP) is 10.5. The molecule has 0 spiro atoms. The molecule has 0 saturated heterocycles. The van der Waals surface area contributed by atoms with Crippen LogP contribution < -0.4 is 9.47 Å². The van der Waals surface area contributed by atoms with Crippen LogP contribution in [0.5, 0.6) is 11.5 Å². The molecule has 0 unspecified atom stereocenters. The minimum Gasteiger partial charge on any atom is -0.491 e. The van der Waals surface area contributed by atoms with Gasteiger partial charge < -0.3 is 18.9 Å². The standard InChI is InChI=1S/C34H44N2O6S4/c1-6-10-12-14-16-18-20-41-31(37)23(22-35)33-43-27-25(39-8-3)29-30(26(40-9-4)28(27)44-33)46-34(45-29)24(36-5)32(38)42-21-19-17-15-13-11-7-2/h6-21H2,1-4H3. The van der Waals surface area contributed by atoms with Gasteiger partial charge in [0.1, 0.15) is 17.6 Å². The summed E-state index contributed by atoms with van der Waals surface area (Å²) in [6.07, 6.45) is 12.8. The molecule has 8 nitrogen and oxygen atoms in total. The van der Waals surface area contributed by atoms with E-state index in [2.05, 4.69) is 24.8 Å². The van der Waals surface area contributed by atoms with Crippen molar-refractivity contribution in [2.75, 3.05) is 26.4 Å². The maximum atomic E-state index is 13.0. The summed E-state index contributed by atoms with van der Waals surface area (Å²) in [5.74, 6) is -0.0867. The topological polar surface area (TPSA) is 99.2 Å². The highest BCUT2D eigenvalue weighted by atomic mass is 32.2. The quantitative estimate of drug-likeness (QED) is 0.0426. The largest absolute Gasteiger partial charge is 0.491 e. The average molecular weight is 705 g/mol. The minimum absolute atomic E-state index is 0.0356. The number of carbonyl (C=O) groups excluding carboxylic acids is 2. The van der Waals surface area contributed by atoms with Crippen LogP contribution in [0.3, 0.4) is 0 Å². The van der Waals surface area contributed by atoms with Gasteiger partial charge in [0.05, 0.1) is 61.1 Å². The fourth-order valence-corrected chi connectivity index (χ4v) is 10.1. The van der Waals surface area contributed by atoms with Gasteiger partial charge in [-0.15, -0.1) is 0 Å². The van der Waals surface area contributed by atoms with Gasteiger partial charge in [-0.3, -0.25) is 4.79 Å². The third-order valence-electron chi connectivity index (χ3n) is 7.07. The molecule has 0 bridgehead atoms. The normalized spacial score (nSPS) is 13.0. The van der Waals surface area contributed by atoms with Gasteiger partial charge in [-0.2, -0.15) is 5.26 Å². The molecule has 0 saturated carbocycles. The van der Waals surface area contributed by atoms with Crippen LogP contribution >= 0.6 is 47.0 Å². The van der Waals surface area contributed by atoms with E-state index >= 15 is 0 Å². The van der Waals surface area contributed by atoms with E-state index in [1.165, 1.54) is 85.6 Å². The highest BCUT2D eigenvalue weighted by Crippen LogP contribution is 2.68. The smallest absolute Gasteiger partial charge is 0.350 e. The number of thioether (sulfide) groups is 4. The van der Waals surface area contributed by atoms with Crippen molar-refractivity contribution < 1.29 is 28.5 Å². The first-order chi connectivity index (χ1) is 22.4. The van der Waals surface area contributed by atoms with Crippen LogP contribution in [0.4, 0.5) is 0 Å². The van der Waals surface area contributed by atoms with Gasteiger partial charge in [0.25, 0.3) is 5.70 Å². The molecule has 0 radical (unpaired) electrons. The van der Waals surface area contributed by atoms with Crippen molar-refractivity contribution in [2.24, 2.45) is 0 Å². The molecule has 250 valence electrons. The number of esters is 2. The summed E-state index contributed by atoms with van der Waals surface area (Å²) < 4.78 is 24.3. The summed E-state index contributed by atoms with van der Waals surface area (Å²) in [5.41, 5.74) is -0.0884. The number of hydrogen-bond acceptors (Lipinski definition) is 11. The molecule has 3 rings (SSSR count). The first-order valence-corrected chi connectivity index (χ1v) is 19.5. The maximum Gasteiger partial charge on any atom is 0.350 e. The molecule has 46 heavy (non-hydrogen) atoms. The van der Waals surface area contributed by atoms with Crippen LogP contribution in [-0.2, 0) is 19.1 Å². The third kappa shape index (κ3) is 10.3. The number of unbranched alkanes of at least 4 members (excludes halogenated alkanes) is 10. The summed E-state index contributed by atoms with van der Waals surface area (Å²) in [4.78, 5) is 32.5. The fourth-order valence-electron chi connectivity index (χ4n) is 4.74. The Labute approximate surface area is 291 Å². The third-order valence-corrected chi connectivity index (χ3v) is 12.2. The zero-order valence-corrected chi connectivity index (χ0v) is 30.6. The molecule has 0 atom stereocenters. The first kappa shape index (κ1) is 38.1. The van der Waals surface area contributed by atoms with Crippen molar-refractivity contribution in [1.82, 2.24) is 0 Å². The van der Waals surface area contributed by atoms with E-state index in [0.717, 1.165) is 58.1 Å². The van der Waals surface area contributed by atoms with Crippen molar-refractivity contribution in [1.29, 1.82) is 5.26 Å². The lowest BCUT2D eigenvalue weighted by molar-refractivity contribution is -0.139. The molecule has 1 aromatic carbocycles. The van der Waals surface area contributed by atoms with E-state index in [1.54, 1.807) is 0 Å². The first-order valence-electron chi connectivity index (χ1n) is 16.3. The van der Waals surface area contributed by atoms with E-state index in [-0.39, 0.29) is 24.5 Å².